The maximum absolute atomic E-state index is 9.52. The van der Waals surface area contributed by atoms with Crippen molar-refractivity contribution in [3.8, 4) is 11.1 Å². The average molecular weight is 254 g/mol. The Morgan fingerprint density at radius 3 is 1.84 bits per heavy atom. The van der Waals surface area contributed by atoms with E-state index in [9.17, 15) is 5.11 Å². The van der Waals surface area contributed by atoms with E-state index in [1.807, 2.05) is 0 Å². The summed E-state index contributed by atoms with van der Waals surface area (Å²) in [5.74, 6) is 0. The van der Waals surface area contributed by atoms with Gasteiger partial charge in [0, 0.05) is 0 Å². The van der Waals surface area contributed by atoms with Gasteiger partial charge in [-0.15, -0.1) is 0 Å². The van der Waals surface area contributed by atoms with E-state index >= 15 is 0 Å². The predicted molar refractivity (Wildman–Crippen MR) is 81.4 cm³/mol. The molecule has 0 spiro atoms. The Labute approximate surface area is 115 Å². The maximum atomic E-state index is 9.52. The van der Waals surface area contributed by atoms with Crippen LogP contribution >= 0.6 is 0 Å². The number of hydrogen-bond donors (Lipinski definition) is 1. The Morgan fingerprint density at radius 1 is 0.789 bits per heavy atom. The molecule has 2 rings (SSSR count). The van der Waals surface area contributed by atoms with Gasteiger partial charge in [-0.25, -0.2) is 0 Å². The molecule has 0 amide bonds. The SMILES string of the molecule is CCc1cc(-c2cc(C)cc(C)c2)cc(CO)c1C. The van der Waals surface area contributed by atoms with Crippen molar-refractivity contribution >= 4 is 0 Å². The first-order chi connectivity index (χ1) is 9.05. The van der Waals surface area contributed by atoms with E-state index in [1.54, 1.807) is 0 Å². The van der Waals surface area contributed by atoms with E-state index in [1.165, 1.54) is 33.4 Å². The molecule has 1 heteroatoms. The van der Waals surface area contributed by atoms with Crippen molar-refractivity contribution in [2.24, 2.45) is 0 Å². The third-order valence-electron chi connectivity index (χ3n) is 3.73. The fraction of sp³-hybridized carbons (Fsp3) is 0.333. The van der Waals surface area contributed by atoms with E-state index in [0.29, 0.717) is 0 Å². The number of hydrogen-bond acceptors (Lipinski definition) is 1. The van der Waals surface area contributed by atoms with Crippen LogP contribution in [-0.2, 0) is 13.0 Å². The van der Waals surface area contributed by atoms with E-state index in [0.717, 1.165) is 12.0 Å². The first-order valence-electron chi connectivity index (χ1n) is 6.87. The van der Waals surface area contributed by atoms with Crippen molar-refractivity contribution in [3.05, 3.63) is 58.1 Å². The molecule has 2 aromatic carbocycles. The van der Waals surface area contributed by atoms with Crippen molar-refractivity contribution in [1.82, 2.24) is 0 Å². The number of benzene rings is 2. The minimum atomic E-state index is 0.109. The monoisotopic (exact) mass is 254 g/mol. The van der Waals surface area contributed by atoms with Gasteiger partial charge >= 0.3 is 0 Å². The molecule has 0 aliphatic carbocycles. The van der Waals surface area contributed by atoms with Crippen LogP contribution < -0.4 is 0 Å². The Morgan fingerprint density at radius 2 is 1.32 bits per heavy atom. The molecule has 0 aliphatic rings. The summed E-state index contributed by atoms with van der Waals surface area (Å²) in [6.07, 6.45) is 0.997. The fourth-order valence-electron chi connectivity index (χ4n) is 2.68. The molecule has 0 aromatic heterocycles. The Balaban J connectivity index is 2.61. The third kappa shape index (κ3) is 2.87. The molecule has 1 N–H and O–H groups in total. The standard InChI is InChI=1S/C18H22O/c1-5-15-9-17(10-18(11-19)14(15)4)16-7-12(2)6-13(3)8-16/h6-10,19H,5,11H2,1-4H3. The number of aryl methyl sites for hydroxylation is 3. The third-order valence-corrected chi connectivity index (χ3v) is 3.73. The largest absolute Gasteiger partial charge is 0.392 e. The molecule has 0 fully saturated rings. The Bertz CT molecular complexity index is 551. The van der Waals surface area contributed by atoms with E-state index in [2.05, 4.69) is 58.0 Å². The molecule has 100 valence electrons. The van der Waals surface area contributed by atoms with Crippen LogP contribution in [0.25, 0.3) is 11.1 Å². The fourth-order valence-corrected chi connectivity index (χ4v) is 2.68. The summed E-state index contributed by atoms with van der Waals surface area (Å²) in [6, 6.07) is 11.0. The normalized spacial score (nSPS) is 10.8. The van der Waals surface area contributed by atoms with E-state index < -0.39 is 0 Å². The minimum absolute atomic E-state index is 0.109. The summed E-state index contributed by atoms with van der Waals surface area (Å²) in [4.78, 5) is 0. The lowest BCUT2D eigenvalue weighted by Gasteiger charge is -2.13. The molecule has 0 saturated heterocycles. The van der Waals surface area contributed by atoms with Crippen LogP contribution in [-0.4, -0.2) is 5.11 Å². The molecule has 0 bridgehead atoms. The van der Waals surface area contributed by atoms with Crippen molar-refractivity contribution in [2.45, 2.75) is 40.7 Å². The van der Waals surface area contributed by atoms with Gasteiger partial charge < -0.3 is 5.11 Å². The molecule has 0 heterocycles. The lowest BCUT2D eigenvalue weighted by atomic mass is 9.93. The van der Waals surface area contributed by atoms with Gasteiger partial charge in [-0.3, -0.25) is 0 Å². The maximum Gasteiger partial charge on any atom is 0.0684 e. The van der Waals surface area contributed by atoms with Gasteiger partial charge in [0.1, 0.15) is 0 Å². The number of rotatable bonds is 3. The van der Waals surface area contributed by atoms with Gasteiger partial charge in [-0.1, -0.05) is 42.3 Å². The van der Waals surface area contributed by atoms with Crippen molar-refractivity contribution < 1.29 is 5.11 Å². The van der Waals surface area contributed by atoms with Crippen molar-refractivity contribution in [1.29, 1.82) is 0 Å². The highest BCUT2D eigenvalue weighted by atomic mass is 16.3. The molecule has 1 nitrogen and oxygen atoms in total. The molecule has 0 aliphatic heterocycles. The number of aliphatic hydroxyl groups excluding tert-OH is 1. The van der Waals surface area contributed by atoms with Crippen LogP contribution in [0.1, 0.15) is 34.7 Å². The second kappa shape index (κ2) is 5.58. The summed E-state index contributed by atoms with van der Waals surface area (Å²) in [6.45, 7) is 8.61. The Hall–Kier alpha value is -1.60. The summed E-state index contributed by atoms with van der Waals surface area (Å²) in [5, 5.41) is 9.52. The lowest BCUT2D eigenvalue weighted by molar-refractivity contribution is 0.281. The van der Waals surface area contributed by atoms with Gasteiger partial charge in [0.2, 0.25) is 0 Å². The van der Waals surface area contributed by atoms with Gasteiger partial charge in [0.15, 0.2) is 0 Å². The first kappa shape index (κ1) is 13.8. The molecule has 19 heavy (non-hydrogen) atoms. The van der Waals surface area contributed by atoms with Crippen LogP contribution in [0.2, 0.25) is 0 Å². The second-order valence-electron chi connectivity index (χ2n) is 5.31. The highest BCUT2D eigenvalue weighted by Crippen LogP contribution is 2.27. The van der Waals surface area contributed by atoms with Gasteiger partial charge in [-0.05, 0) is 61.1 Å². The second-order valence-corrected chi connectivity index (χ2v) is 5.31. The van der Waals surface area contributed by atoms with Crippen LogP contribution in [0.15, 0.2) is 30.3 Å². The van der Waals surface area contributed by atoms with Gasteiger partial charge in [0.05, 0.1) is 6.61 Å². The zero-order chi connectivity index (χ0) is 14.0. The summed E-state index contributed by atoms with van der Waals surface area (Å²) >= 11 is 0. The van der Waals surface area contributed by atoms with E-state index in [4.69, 9.17) is 0 Å². The highest BCUT2D eigenvalue weighted by molar-refractivity contribution is 5.67. The van der Waals surface area contributed by atoms with Gasteiger partial charge in [0.25, 0.3) is 0 Å². The van der Waals surface area contributed by atoms with Crippen molar-refractivity contribution in [2.75, 3.05) is 0 Å². The van der Waals surface area contributed by atoms with E-state index in [-0.39, 0.29) is 6.61 Å². The minimum Gasteiger partial charge on any atom is -0.392 e. The molecule has 0 saturated carbocycles. The average Bonchev–Trinajstić information content (AvgIpc) is 2.37. The number of aliphatic hydroxyl groups is 1. The summed E-state index contributed by atoms with van der Waals surface area (Å²) < 4.78 is 0. The zero-order valence-electron chi connectivity index (χ0n) is 12.2. The van der Waals surface area contributed by atoms with Crippen LogP contribution in [0.5, 0.6) is 0 Å². The first-order valence-corrected chi connectivity index (χ1v) is 6.87. The molecular formula is C18H22O. The summed E-state index contributed by atoms with van der Waals surface area (Å²) in [7, 11) is 0. The van der Waals surface area contributed by atoms with Crippen LogP contribution in [0, 0.1) is 20.8 Å². The molecule has 0 radical (unpaired) electrons. The highest BCUT2D eigenvalue weighted by Gasteiger charge is 2.08. The molecule has 0 unspecified atom stereocenters. The zero-order valence-corrected chi connectivity index (χ0v) is 12.2. The van der Waals surface area contributed by atoms with Crippen LogP contribution in [0.4, 0.5) is 0 Å². The Kier molecular flexibility index (Phi) is 4.06. The molecular weight excluding hydrogens is 232 g/mol. The van der Waals surface area contributed by atoms with Crippen molar-refractivity contribution in [3.63, 3.8) is 0 Å². The quantitative estimate of drug-likeness (QED) is 0.864. The summed E-state index contributed by atoms with van der Waals surface area (Å²) in [5.41, 5.74) is 8.57. The molecule has 2 aromatic rings. The smallest absolute Gasteiger partial charge is 0.0684 e. The topological polar surface area (TPSA) is 20.2 Å². The lowest BCUT2D eigenvalue weighted by Crippen LogP contribution is -1.96. The van der Waals surface area contributed by atoms with Gasteiger partial charge in [-0.2, -0.15) is 0 Å². The molecule has 0 atom stereocenters. The predicted octanol–water partition coefficient (Wildman–Crippen LogP) is 4.33. The van der Waals surface area contributed by atoms with Crippen LogP contribution in [0.3, 0.4) is 0 Å².